The fourth-order valence-corrected chi connectivity index (χ4v) is 0.969. The van der Waals surface area contributed by atoms with E-state index in [9.17, 15) is 28.8 Å². The van der Waals surface area contributed by atoms with Crippen LogP contribution in [0.4, 0.5) is 0 Å². The Labute approximate surface area is 172 Å². The zero-order valence-electron chi connectivity index (χ0n) is 16.2. The molecule has 0 N–H and O–H groups in total. The average Bonchev–Trinajstić information content (AvgIpc) is 2.49. The normalized spacial score (nSPS) is 9.48. The van der Waals surface area contributed by atoms with Crippen LogP contribution in [0.1, 0.15) is 54.4 Å². The second-order valence-electron chi connectivity index (χ2n) is 5.64. The van der Waals surface area contributed by atoms with Crippen LogP contribution in [-0.4, -0.2) is 47.3 Å². The van der Waals surface area contributed by atoms with Gasteiger partial charge in [-0.1, -0.05) is 0 Å². The van der Waals surface area contributed by atoms with Gasteiger partial charge < -0.3 is 0 Å². The molecule has 0 saturated heterocycles. The Balaban J connectivity index is -0.000000411. The molecule has 0 aliphatic rings. The van der Waals surface area contributed by atoms with E-state index in [-0.39, 0.29) is 45.5 Å². The fourth-order valence-electron chi connectivity index (χ4n) is 0.969. The molecule has 0 fully saturated rings. The quantitative estimate of drug-likeness (QED) is 0.163. The molecule has 0 aliphatic heterocycles. The summed E-state index contributed by atoms with van der Waals surface area (Å²) in [6.45, 7) is 9.00. The van der Waals surface area contributed by atoms with E-state index in [2.05, 4.69) is 19.6 Å². The summed E-state index contributed by atoms with van der Waals surface area (Å²) in [6.07, 6.45) is -1.51. The summed E-state index contributed by atoms with van der Waals surface area (Å²) in [5, 5.41) is 0. The summed E-state index contributed by atoms with van der Waals surface area (Å²) in [4.78, 5) is 81.0. The Kier molecular flexibility index (Phi) is 18.3. The van der Waals surface area contributed by atoms with Gasteiger partial charge in [-0.2, -0.15) is 9.78 Å². The van der Waals surface area contributed by atoms with E-state index >= 15 is 0 Å². The number of Topliss-reactive ketones (excluding diaryl/α,β-unsaturated/α-hetero) is 4. The monoisotopic (exact) mass is 424 g/mol. The first-order valence-corrected chi connectivity index (χ1v) is 7.66. The molecule has 0 heterocycles. The molecular weight excluding hydrogens is 400 g/mol. The van der Waals surface area contributed by atoms with Gasteiger partial charge in [0.1, 0.15) is 11.6 Å². The van der Waals surface area contributed by atoms with Crippen LogP contribution in [0.2, 0.25) is 0 Å². The Bertz CT molecular complexity index is 491. The molecule has 10 nitrogen and oxygen atoms in total. The minimum Gasteiger partial charge on any atom is -0.300 e. The summed E-state index contributed by atoms with van der Waals surface area (Å²) in [5.74, 6) is -4.83. The third-order valence-corrected chi connectivity index (χ3v) is 1.91. The van der Waals surface area contributed by atoms with E-state index in [1.807, 2.05) is 0 Å². The maximum absolute atomic E-state index is 10.8. The van der Waals surface area contributed by atoms with Crippen LogP contribution in [0.15, 0.2) is 0 Å². The Morgan fingerprint density at radius 1 is 0.630 bits per heavy atom. The van der Waals surface area contributed by atoms with E-state index in [4.69, 9.17) is 0 Å². The number of rotatable bonds is 10. The molecule has 0 amide bonds. The largest absolute Gasteiger partial charge is 0.408 e. The van der Waals surface area contributed by atoms with E-state index in [0.29, 0.717) is 0 Å². The van der Waals surface area contributed by atoms with E-state index < -0.39 is 36.3 Å². The summed E-state index contributed by atoms with van der Waals surface area (Å²) < 4.78 is 0. The molecule has 0 aromatic heterocycles. The van der Waals surface area contributed by atoms with Gasteiger partial charge in [-0.15, -0.1) is 0 Å². The van der Waals surface area contributed by atoms with Crippen LogP contribution < -0.4 is 0 Å². The zero-order chi connectivity index (χ0) is 20.9. The Morgan fingerprint density at radius 3 is 1.07 bits per heavy atom. The second kappa shape index (κ2) is 16.4. The van der Waals surface area contributed by atoms with Crippen LogP contribution in [0.3, 0.4) is 0 Å². The predicted octanol–water partition coefficient (Wildman–Crippen LogP) is 0.833. The van der Waals surface area contributed by atoms with Gasteiger partial charge in [0.25, 0.3) is 11.6 Å². The maximum atomic E-state index is 10.8. The summed E-state index contributed by atoms with van der Waals surface area (Å²) in [7, 11) is 0. The predicted molar refractivity (Wildman–Crippen MR) is 85.2 cm³/mol. The van der Waals surface area contributed by atoms with Crippen LogP contribution in [0, 0.1) is 0 Å². The molecular formula is C16H24O10Ti. The standard InChI is InChI=1S/2C8H12O5.Ti/c2*1-5(2)12-13-8(11)7(10)4-6(3)9;/h2*5H,4H2,1-3H3;. The van der Waals surface area contributed by atoms with Gasteiger partial charge in [0.15, 0.2) is 0 Å². The van der Waals surface area contributed by atoms with Crippen molar-refractivity contribution < 1.29 is 70.0 Å². The Morgan fingerprint density at radius 2 is 0.889 bits per heavy atom. The van der Waals surface area contributed by atoms with Crippen molar-refractivity contribution >= 4 is 35.1 Å². The third-order valence-electron chi connectivity index (χ3n) is 1.91. The van der Waals surface area contributed by atoms with E-state index in [1.165, 1.54) is 13.8 Å². The molecule has 0 aromatic rings. The zero-order valence-corrected chi connectivity index (χ0v) is 17.7. The molecule has 0 spiro atoms. The van der Waals surface area contributed by atoms with Crippen molar-refractivity contribution in [2.45, 2.75) is 66.6 Å². The molecule has 0 atom stereocenters. The van der Waals surface area contributed by atoms with Crippen molar-refractivity contribution in [2.75, 3.05) is 0 Å². The SMILES string of the molecule is CC(=O)CC(=O)C(=O)OOC(C)C.CC(=O)CC(=O)C(=O)OOC(C)C.[Ti]. The van der Waals surface area contributed by atoms with Gasteiger partial charge in [0, 0.05) is 21.7 Å². The average molecular weight is 424 g/mol. The number of hydrogen-bond acceptors (Lipinski definition) is 10. The number of ketones is 4. The van der Waals surface area contributed by atoms with E-state index in [0.717, 1.165) is 0 Å². The van der Waals surface area contributed by atoms with Gasteiger partial charge in [0.05, 0.1) is 25.0 Å². The molecule has 152 valence electrons. The number of carbonyl (C=O) groups excluding carboxylic acids is 6. The molecule has 0 saturated carbocycles. The van der Waals surface area contributed by atoms with Crippen LogP contribution in [0.25, 0.3) is 0 Å². The van der Waals surface area contributed by atoms with E-state index in [1.54, 1.807) is 27.7 Å². The van der Waals surface area contributed by atoms with Crippen molar-refractivity contribution in [3.8, 4) is 0 Å². The fraction of sp³-hybridized carbons (Fsp3) is 0.625. The minimum atomic E-state index is -1.14. The van der Waals surface area contributed by atoms with Crippen molar-refractivity contribution in [3.63, 3.8) is 0 Å². The van der Waals surface area contributed by atoms with Gasteiger partial charge >= 0.3 is 11.9 Å². The molecule has 0 aromatic carbocycles. The second-order valence-corrected chi connectivity index (χ2v) is 5.64. The first-order chi connectivity index (χ1) is 11.9. The minimum absolute atomic E-state index is 0. The van der Waals surface area contributed by atoms with Crippen molar-refractivity contribution in [3.05, 3.63) is 0 Å². The summed E-state index contributed by atoms with van der Waals surface area (Å²) in [6, 6.07) is 0. The third kappa shape index (κ3) is 20.4. The smallest absolute Gasteiger partial charge is 0.300 e. The molecule has 0 aliphatic carbocycles. The molecule has 0 rings (SSSR count). The molecule has 27 heavy (non-hydrogen) atoms. The molecule has 11 heteroatoms. The maximum Gasteiger partial charge on any atom is 0.408 e. The van der Waals surface area contributed by atoms with Crippen LogP contribution in [0.5, 0.6) is 0 Å². The van der Waals surface area contributed by atoms with Gasteiger partial charge in [-0.05, 0) is 41.5 Å². The molecule has 0 radical (unpaired) electrons. The Hall–Kier alpha value is -1.75. The first kappa shape index (κ1) is 30.0. The molecule has 0 bridgehead atoms. The van der Waals surface area contributed by atoms with Gasteiger partial charge in [0.2, 0.25) is 0 Å². The number of carbonyl (C=O) groups is 6. The summed E-state index contributed by atoms with van der Waals surface area (Å²) in [5.41, 5.74) is 0. The first-order valence-electron chi connectivity index (χ1n) is 7.66. The summed E-state index contributed by atoms with van der Waals surface area (Å²) >= 11 is 0. The van der Waals surface area contributed by atoms with Crippen LogP contribution in [-0.2, 0) is 70.0 Å². The topological polar surface area (TPSA) is 139 Å². The number of hydrogen-bond donors (Lipinski definition) is 0. The van der Waals surface area contributed by atoms with Crippen molar-refractivity contribution in [1.29, 1.82) is 0 Å². The van der Waals surface area contributed by atoms with Gasteiger partial charge in [-0.3, -0.25) is 29.0 Å². The van der Waals surface area contributed by atoms with Crippen LogP contribution >= 0.6 is 0 Å². The van der Waals surface area contributed by atoms with Crippen molar-refractivity contribution in [1.82, 2.24) is 0 Å². The van der Waals surface area contributed by atoms with Gasteiger partial charge in [-0.25, -0.2) is 9.59 Å². The molecule has 0 unspecified atom stereocenters. The van der Waals surface area contributed by atoms with Crippen molar-refractivity contribution in [2.24, 2.45) is 0 Å².